The fraction of sp³-hybridized carbons (Fsp3) is 0.600. The Morgan fingerprint density at radius 2 is 2.21 bits per heavy atom. The van der Waals surface area contributed by atoms with Crippen LogP contribution in [0.25, 0.3) is 0 Å². The smallest absolute Gasteiger partial charge is 0.224 e. The summed E-state index contributed by atoms with van der Waals surface area (Å²) >= 11 is 0. The van der Waals surface area contributed by atoms with Crippen molar-refractivity contribution in [1.82, 2.24) is 10.3 Å². The van der Waals surface area contributed by atoms with Gasteiger partial charge < -0.3 is 11.1 Å². The fourth-order valence-corrected chi connectivity index (χ4v) is 2.73. The van der Waals surface area contributed by atoms with Gasteiger partial charge in [-0.3, -0.25) is 9.78 Å². The SMILES string of the molecule is Cc1ccc(CC(=O)NC2CCCCC2CN)cn1. The summed E-state index contributed by atoms with van der Waals surface area (Å²) in [4.78, 5) is 16.3. The summed E-state index contributed by atoms with van der Waals surface area (Å²) in [6, 6.07) is 4.15. The van der Waals surface area contributed by atoms with Crippen molar-refractivity contribution in [2.24, 2.45) is 11.7 Å². The van der Waals surface area contributed by atoms with Crippen molar-refractivity contribution >= 4 is 5.91 Å². The average molecular weight is 261 g/mol. The van der Waals surface area contributed by atoms with Crippen LogP contribution in [0.3, 0.4) is 0 Å². The van der Waals surface area contributed by atoms with Gasteiger partial charge in [0.1, 0.15) is 0 Å². The van der Waals surface area contributed by atoms with Gasteiger partial charge in [-0.2, -0.15) is 0 Å². The van der Waals surface area contributed by atoms with E-state index >= 15 is 0 Å². The first kappa shape index (κ1) is 14.0. The first-order valence-corrected chi connectivity index (χ1v) is 7.10. The van der Waals surface area contributed by atoms with Crippen LogP contribution in [0, 0.1) is 12.8 Å². The maximum atomic E-state index is 12.0. The number of aromatic nitrogens is 1. The third-order valence-corrected chi connectivity index (χ3v) is 3.90. The van der Waals surface area contributed by atoms with Crippen molar-refractivity contribution in [2.75, 3.05) is 6.54 Å². The number of nitrogens with zero attached hydrogens (tertiary/aromatic N) is 1. The maximum absolute atomic E-state index is 12.0. The third kappa shape index (κ3) is 4.03. The molecule has 4 heteroatoms. The van der Waals surface area contributed by atoms with E-state index in [-0.39, 0.29) is 11.9 Å². The molecule has 1 aromatic rings. The van der Waals surface area contributed by atoms with Gasteiger partial charge in [-0.15, -0.1) is 0 Å². The average Bonchev–Trinajstić information content (AvgIpc) is 2.42. The number of rotatable bonds is 4. The lowest BCUT2D eigenvalue weighted by Gasteiger charge is -2.31. The molecule has 104 valence electrons. The van der Waals surface area contributed by atoms with Crippen LogP contribution < -0.4 is 11.1 Å². The molecule has 1 aliphatic carbocycles. The van der Waals surface area contributed by atoms with Crippen LogP contribution in [0.15, 0.2) is 18.3 Å². The van der Waals surface area contributed by atoms with Crippen molar-refractivity contribution in [1.29, 1.82) is 0 Å². The Kier molecular flexibility index (Phi) is 4.91. The molecule has 4 nitrogen and oxygen atoms in total. The molecular formula is C15H23N3O. The van der Waals surface area contributed by atoms with E-state index in [4.69, 9.17) is 5.73 Å². The van der Waals surface area contributed by atoms with Crippen molar-refractivity contribution in [3.05, 3.63) is 29.6 Å². The highest BCUT2D eigenvalue weighted by molar-refractivity contribution is 5.78. The van der Waals surface area contributed by atoms with Crippen LogP contribution in [-0.2, 0) is 11.2 Å². The van der Waals surface area contributed by atoms with Crippen molar-refractivity contribution in [3.63, 3.8) is 0 Å². The molecule has 1 heterocycles. The second kappa shape index (κ2) is 6.66. The lowest BCUT2D eigenvalue weighted by atomic mass is 9.84. The van der Waals surface area contributed by atoms with E-state index in [2.05, 4.69) is 10.3 Å². The van der Waals surface area contributed by atoms with E-state index < -0.39 is 0 Å². The minimum atomic E-state index is 0.0796. The standard InChI is InChI=1S/C15H23N3O/c1-11-6-7-12(10-17-11)8-15(19)18-14-5-3-2-4-13(14)9-16/h6-7,10,13-14H,2-5,8-9,16H2,1H3,(H,18,19). The molecule has 3 N–H and O–H groups in total. The summed E-state index contributed by atoms with van der Waals surface area (Å²) in [6.07, 6.45) is 6.79. The summed E-state index contributed by atoms with van der Waals surface area (Å²) in [7, 11) is 0. The number of carbonyl (C=O) groups is 1. The Balaban J connectivity index is 1.88. The minimum Gasteiger partial charge on any atom is -0.353 e. The summed E-state index contributed by atoms with van der Waals surface area (Å²) in [5, 5.41) is 3.14. The highest BCUT2D eigenvalue weighted by atomic mass is 16.1. The third-order valence-electron chi connectivity index (χ3n) is 3.90. The molecule has 0 radical (unpaired) electrons. The van der Waals surface area contributed by atoms with Gasteiger partial charge in [0.15, 0.2) is 0 Å². The summed E-state index contributed by atoms with van der Waals surface area (Å²) in [5.41, 5.74) is 7.71. The van der Waals surface area contributed by atoms with Gasteiger partial charge in [-0.05, 0) is 43.9 Å². The minimum absolute atomic E-state index is 0.0796. The summed E-state index contributed by atoms with van der Waals surface area (Å²) in [5.74, 6) is 0.518. The van der Waals surface area contributed by atoms with Crippen molar-refractivity contribution in [2.45, 2.75) is 45.1 Å². The lowest BCUT2D eigenvalue weighted by molar-refractivity contribution is -0.121. The number of carbonyl (C=O) groups excluding carboxylic acids is 1. The van der Waals surface area contributed by atoms with Crippen LogP contribution in [0.1, 0.15) is 36.9 Å². The number of amides is 1. The molecule has 0 aromatic carbocycles. The van der Waals surface area contributed by atoms with Crippen LogP contribution in [0.4, 0.5) is 0 Å². The number of pyridine rings is 1. The highest BCUT2D eigenvalue weighted by Crippen LogP contribution is 2.23. The highest BCUT2D eigenvalue weighted by Gasteiger charge is 2.25. The Morgan fingerprint density at radius 1 is 1.42 bits per heavy atom. The predicted molar refractivity (Wildman–Crippen MR) is 75.6 cm³/mol. The number of nitrogens with one attached hydrogen (secondary N) is 1. The molecule has 1 saturated carbocycles. The zero-order chi connectivity index (χ0) is 13.7. The molecule has 0 bridgehead atoms. The van der Waals surface area contributed by atoms with E-state index in [1.807, 2.05) is 19.1 Å². The molecule has 2 rings (SSSR count). The van der Waals surface area contributed by atoms with E-state index in [0.29, 0.717) is 18.9 Å². The van der Waals surface area contributed by atoms with E-state index in [0.717, 1.165) is 24.1 Å². The molecular weight excluding hydrogens is 238 g/mol. The molecule has 19 heavy (non-hydrogen) atoms. The molecule has 0 saturated heterocycles. The molecule has 0 aliphatic heterocycles. The zero-order valence-electron chi connectivity index (χ0n) is 11.6. The Hall–Kier alpha value is -1.42. The Morgan fingerprint density at radius 3 is 2.89 bits per heavy atom. The van der Waals surface area contributed by atoms with Crippen LogP contribution in [-0.4, -0.2) is 23.5 Å². The fourth-order valence-electron chi connectivity index (χ4n) is 2.73. The van der Waals surface area contributed by atoms with Gasteiger partial charge in [-0.25, -0.2) is 0 Å². The van der Waals surface area contributed by atoms with Gasteiger partial charge in [0, 0.05) is 17.9 Å². The van der Waals surface area contributed by atoms with Gasteiger partial charge >= 0.3 is 0 Å². The van der Waals surface area contributed by atoms with Gasteiger partial charge in [0.05, 0.1) is 6.42 Å². The first-order valence-electron chi connectivity index (χ1n) is 7.10. The van der Waals surface area contributed by atoms with Crippen molar-refractivity contribution < 1.29 is 4.79 Å². The van der Waals surface area contributed by atoms with Crippen molar-refractivity contribution in [3.8, 4) is 0 Å². The topological polar surface area (TPSA) is 68.0 Å². The normalized spacial score (nSPS) is 23.1. The first-order chi connectivity index (χ1) is 9.19. The molecule has 2 unspecified atom stereocenters. The van der Waals surface area contributed by atoms with Gasteiger partial charge in [-0.1, -0.05) is 18.9 Å². The Bertz CT molecular complexity index is 416. The van der Waals surface area contributed by atoms with Gasteiger partial charge in [0.25, 0.3) is 0 Å². The molecule has 0 spiro atoms. The van der Waals surface area contributed by atoms with Gasteiger partial charge in [0.2, 0.25) is 5.91 Å². The molecule has 2 atom stereocenters. The van der Waals surface area contributed by atoms with E-state index in [1.165, 1.54) is 12.8 Å². The quantitative estimate of drug-likeness (QED) is 0.864. The molecule has 1 aromatic heterocycles. The second-order valence-corrected chi connectivity index (χ2v) is 5.44. The van der Waals surface area contributed by atoms with E-state index in [1.54, 1.807) is 6.20 Å². The van der Waals surface area contributed by atoms with Crippen LogP contribution >= 0.6 is 0 Å². The number of hydrogen-bond acceptors (Lipinski definition) is 3. The Labute approximate surface area is 114 Å². The zero-order valence-corrected chi connectivity index (χ0v) is 11.6. The second-order valence-electron chi connectivity index (χ2n) is 5.44. The maximum Gasteiger partial charge on any atom is 0.224 e. The van der Waals surface area contributed by atoms with Crippen LogP contribution in [0.2, 0.25) is 0 Å². The largest absolute Gasteiger partial charge is 0.353 e. The number of hydrogen-bond donors (Lipinski definition) is 2. The molecule has 1 fully saturated rings. The number of nitrogens with two attached hydrogens (primary N) is 1. The van der Waals surface area contributed by atoms with Crippen LogP contribution in [0.5, 0.6) is 0 Å². The predicted octanol–water partition coefficient (Wildman–Crippen LogP) is 1.57. The molecule has 1 amide bonds. The number of aryl methyl sites for hydroxylation is 1. The lowest BCUT2D eigenvalue weighted by Crippen LogP contribution is -2.45. The monoisotopic (exact) mass is 261 g/mol. The summed E-state index contributed by atoms with van der Waals surface area (Å²) < 4.78 is 0. The molecule has 1 aliphatic rings. The van der Waals surface area contributed by atoms with E-state index in [9.17, 15) is 4.79 Å². The summed E-state index contributed by atoms with van der Waals surface area (Å²) in [6.45, 7) is 2.61.